The Labute approximate surface area is 110 Å². The molecule has 0 aliphatic carbocycles. The zero-order valence-electron chi connectivity index (χ0n) is 10.5. The number of anilines is 2. The fraction of sp³-hybridized carbons (Fsp3) is 0.231. The van der Waals surface area contributed by atoms with E-state index in [0.717, 1.165) is 16.8 Å². The molecule has 98 valence electrons. The molecule has 2 aromatic rings. The van der Waals surface area contributed by atoms with Gasteiger partial charge < -0.3 is 10.3 Å². The molecule has 0 radical (unpaired) electrons. The molecule has 0 unspecified atom stereocenters. The average Bonchev–Trinajstić information content (AvgIpc) is 2.98. The number of benzene rings is 1. The Balaban J connectivity index is 1.88. The number of carbonyl (C=O) groups excluding carboxylic acids is 1. The molecule has 19 heavy (non-hydrogen) atoms. The van der Waals surface area contributed by atoms with Crippen molar-refractivity contribution in [2.45, 2.75) is 6.42 Å². The van der Waals surface area contributed by atoms with E-state index in [2.05, 4.69) is 5.16 Å². The number of carbonyl (C=O) groups is 1. The zero-order chi connectivity index (χ0) is 13.4. The summed E-state index contributed by atoms with van der Waals surface area (Å²) >= 11 is 0. The molecule has 6 nitrogen and oxygen atoms in total. The van der Waals surface area contributed by atoms with Crippen LogP contribution in [0.15, 0.2) is 35.0 Å². The number of amides is 1. The summed E-state index contributed by atoms with van der Waals surface area (Å²) in [5.74, 6) is 0.438. The maximum atomic E-state index is 11.5. The van der Waals surface area contributed by atoms with Gasteiger partial charge in [0.25, 0.3) is 0 Å². The van der Waals surface area contributed by atoms with Crippen LogP contribution < -0.4 is 10.7 Å². The van der Waals surface area contributed by atoms with Gasteiger partial charge in [-0.3, -0.25) is 14.8 Å². The molecule has 1 saturated heterocycles. The summed E-state index contributed by atoms with van der Waals surface area (Å²) in [6.07, 6.45) is 2.15. The molecule has 0 saturated carbocycles. The predicted octanol–water partition coefficient (Wildman–Crippen LogP) is 1.51. The third kappa shape index (κ3) is 1.91. The van der Waals surface area contributed by atoms with Gasteiger partial charge in [0.1, 0.15) is 0 Å². The number of hydrazine groups is 1. The molecule has 2 N–H and O–H groups in total. The van der Waals surface area contributed by atoms with Gasteiger partial charge >= 0.3 is 0 Å². The first-order valence-electron chi connectivity index (χ1n) is 6.01. The van der Waals surface area contributed by atoms with Crippen LogP contribution in [0, 0.1) is 0 Å². The minimum Gasteiger partial charge on any atom is -0.367 e. The van der Waals surface area contributed by atoms with Gasteiger partial charge in [0.05, 0.1) is 17.4 Å². The van der Waals surface area contributed by atoms with E-state index in [1.54, 1.807) is 18.3 Å². The molecule has 1 amide bonds. The van der Waals surface area contributed by atoms with E-state index in [1.807, 2.05) is 29.3 Å². The van der Waals surface area contributed by atoms with Gasteiger partial charge in [-0.25, -0.2) is 0 Å². The number of rotatable bonds is 2. The fourth-order valence-corrected chi connectivity index (χ4v) is 2.23. The maximum Gasteiger partial charge on any atom is 0.242 e. The van der Waals surface area contributed by atoms with Crippen LogP contribution in [0.25, 0.3) is 11.1 Å². The minimum atomic E-state index is 0.132. The Morgan fingerprint density at radius 3 is 2.58 bits per heavy atom. The van der Waals surface area contributed by atoms with Gasteiger partial charge in [0.2, 0.25) is 11.8 Å². The Hall–Kier alpha value is -2.50. The standard InChI is InChI=1S/C13H14N4O2/c1-16-12(18)6-7-17(16)10-4-2-9(3-5-10)11-8-15-19-13(11)14/h2-5,8H,6-7,14H2,1H3. The second kappa shape index (κ2) is 4.31. The lowest BCUT2D eigenvalue weighted by Crippen LogP contribution is -2.35. The van der Waals surface area contributed by atoms with Crippen molar-refractivity contribution in [2.75, 3.05) is 24.3 Å². The molecule has 2 heterocycles. The zero-order valence-corrected chi connectivity index (χ0v) is 10.5. The Bertz CT molecular complexity index is 605. The summed E-state index contributed by atoms with van der Waals surface area (Å²) in [5, 5.41) is 7.25. The maximum absolute atomic E-state index is 11.5. The van der Waals surface area contributed by atoms with Gasteiger partial charge in [-0.1, -0.05) is 17.3 Å². The Morgan fingerprint density at radius 1 is 1.32 bits per heavy atom. The van der Waals surface area contributed by atoms with Crippen LogP contribution in [0.2, 0.25) is 0 Å². The van der Waals surface area contributed by atoms with E-state index in [0.29, 0.717) is 18.8 Å². The van der Waals surface area contributed by atoms with Gasteiger partial charge in [0.15, 0.2) is 0 Å². The van der Waals surface area contributed by atoms with Crippen LogP contribution in [-0.2, 0) is 4.79 Å². The molecule has 0 atom stereocenters. The third-order valence-electron chi connectivity index (χ3n) is 3.34. The number of hydrogen-bond donors (Lipinski definition) is 1. The molecule has 1 aliphatic heterocycles. The highest BCUT2D eigenvalue weighted by Gasteiger charge is 2.25. The lowest BCUT2D eigenvalue weighted by Gasteiger charge is -2.26. The van der Waals surface area contributed by atoms with Crippen molar-refractivity contribution in [1.29, 1.82) is 0 Å². The molecule has 1 aliphatic rings. The van der Waals surface area contributed by atoms with E-state index in [1.165, 1.54) is 0 Å². The third-order valence-corrected chi connectivity index (χ3v) is 3.34. The molecule has 6 heteroatoms. The summed E-state index contributed by atoms with van der Waals surface area (Å²) in [4.78, 5) is 11.5. The molecule has 1 fully saturated rings. The summed E-state index contributed by atoms with van der Waals surface area (Å²) in [6, 6.07) is 7.79. The second-order valence-corrected chi connectivity index (χ2v) is 4.44. The summed E-state index contributed by atoms with van der Waals surface area (Å²) in [7, 11) is 1.78. The van der Waals surface area contributed by atoms with Gasteiger partial charge in [-0.05, 0) is 17.7 Å². The number of nitrogen functional groups attached to an aromatic ring is 1. The number of aromatic nitrogens is 1. The van der Waals surface area contributed by atoms with E-state index in [4.69, 9.17) is 10.3 Å². The molecule has 3 rings (SSSR count). The molecule has 1 aromatic heterocycles. The van der Waals surface area contributed by atoms with Crippen LogP contribution in [0.4, 0.5) is 11.6 Å². The van der Waals surface area contributed by atoms with Crippen LogP contribution in [0.5, 0.6) is 0 Å². The summed E-state index contributed by atoms with van der Waals surface area (Å²) < 4.78 is 4.84. The van der Waals surface area contributed by atoms with E-state index < -0.39 is 0 Å². The number of nitrogens with zero attached hydrogens (tertiary/aromatic N) is 3. The topological polar surface area (TPSA) is 75.6 Å². The lowest BCUT2D eigenvalue weighted by atomic mass is 10.1. The quantitative estimate of drug-likeness (QED) is 0.883. The Kier molecular flexibility index (Phi) is 2.63. The van der Waals surface area contributed by atoms with Crippen LogP contribution >= 0.6 is 0 Å². The number of hydrogen-bond acceptors (Lipinski definition) is 5. The largest absolute Gasteiger partial charge is 0.367 e. The molecular weight excluding hydrogens is 244 g/mol. The smallest absolute Gasteiger partial charge is 0.242 e. The highest BCUT2D eigenvalue weighted by Crippen LogP contribution is 2.28. The SMILES string of the molecule is CN1C(=O)CCN1c1ccc(-c2cnoc2N)cc1. The normalized spacial score (nSPS) is 15.3. The first-order valence-corrected chi connectivity index (χ1v) is 6.01. The molecular formula is C13H14N4O2. The highest BCUT2D eigenvalue weighted by molar-refractivity contribution is 5.82. The van der Waals surface area contributed by atoms with Crippen molar-refractivity contribution in [3.05, 3.63) is 30.5 Å². The molecule has 0 bridgehead atoms. The van der Waals surface area contributed by atoms with Gasteiger partial charge in [0, 0.05) is 20.0 Å². The van der Waals surface area contributed by atoms with E-state index in [9.17, 15) is 4.79 Å². The van der Waals surface area contributed by atoms with Crippen molar-refractivity contribution < 1.29 is 9.32 Å². The second-order valence-electron chi connectivity index (χ2n) is 4.44. The Morgan fingerprint density at radius 2 is 2.05 bits per heavy atom. The van der Waals surface area contributed by atoms with Gasteiger partial charge in [-0.2, -0.15) is 0 Å². The summed E-state index contributed by atoms with van der Waals surface area (Å²) in [6.45, 7) is 0.712. The van der Waals surface area contributed by atoms with Crippen LogP contribution in [0.1, 0.15) is 6.42 Å². The van der Waals surface area contributed by atoms with Crippen molar-refractivity contribution in [3.63, 3.8) is 0 Å². The van der Waals surface area contributed by atoms with Crippen molar-refractivity contribution in [3.8, 4) is 11.1 Å². The van der Waals surface area contributed by atoms with Crippen molar-refractivity contribution >= 4 is 17.5 Å². The predicted molar refractivity (Wildman–Crippen MR) is 71.1 cm³/mol. The van der Waals surface area contributed by atoms with Crippen LogP contribution in [-0.4, -0.2) is 29.7 Å². The summed E-state index contributed by atoms with van der Waals surface area (Å²) in [5.41, 5.74) is 8.38. The van der Waals surface area contributed by atoms with E-state index >= 15 is 0 Å². The fourth-order valence-electron chi connectivity index (χ4n) is 2.23. The van der Waals surface area contributed by atoms with Crippen molar-refractivity contribution in [2.24, 2.45) is 0 Å². The van der Waals surface area contributed by atoms with Crippen LogP contribution in [0.3, 0.4) is 0 Å². The van der Waals surface area contributed by atoms with E-state index in [-0.39, 0.29) is 5.91 Å². The molecule has 1 aromatic carbocycles. The van der Waals surface area contributed by atoms with Crippen molar-refractivity contribution in [1.82, 2.24) is 10.2 Å². The first-order chi connectivity index (χ1) is 9.16. The van der Waals surface area contributed by atoms with Gasteiger partial charge in [-0.15, -0.1) is 0 Å². The monoisotopic (exact) mass is 258 g/mol. The number of nitrogens with two attached hydrogens (primary N) is 1. The highest BCUT2D eigenvalue weighted by atomic mass is 16.5. The average molecular weight is 258 g/mol. The minimum absolute atomic E-state index is 0.132. The first kappa shape index (κ1) is 11.6. The molecule has 0 spiro atoms. The lowest BCUT2D eigenvalue weighted by molar-refractivity contribution is -0.126.